The molecule has 1 N–H and O–H groups in total. The van der Waals surface area contributed by atoms with Crippen LogP contribution in [0.4, 0.5) is 0 Å². The Morgan fingerprint density at radius 3 is 2.71 bits per heavy atom. The lowest BCUT2D eigenvalue weighted by Crippen LogP contribution is -2.25. The standard InChI is InChI=1S/C13H20N2O2/c1-3-15(4-2)9-11-7-8-12(17-11)13(16)14-10-5-6-10/h7-8,10H,3-6,9H2,1-2H3,(H,14,16). The first-order valence-corrected chi connectivity index (χ1v) is 6.34. The van der Waals surface area contributed by atoms with Gasteiger partial charge in [-0.1, -0.05) is 13.8 Å². The van der Waals surface area contributed by atoms with E-state index < -0.39 is 0 Å². The summed E-state index contributed by atoms with van der Waals surface area (Å²) < 4.78 is 5.55. The molecule has 2 rings (SSSR count). The van der Waals surface area contributed by atoms with Crippen molar-refractivity contribution in [2.75, 3.05) is 13.1 Å². The lowest BCUT2D eigenvalue weighted by molar-refractivity contribution is 0.0919. The molecule has 1 fully saturated rings. The second-order valence-electron chi connectivity index (χ2n) is 4.48. The van der Waals surface area contributed by atoms with Gasteiger partial charge < -0.3 is 9.73 Å². The molecule has 1 aliphatic carbocycles. The van der Waals surface area contributed by atoms with Crippen LogP contribution in [0.3, 0.4) is 0 Å². The topological polar surface area (TPSA) is 45.5 Å². The molecule has 4 heteroatoms. The number of rotatable bonds is 6. The summed E-state index contributed by atoms with van der Waals surface area (Å²) in [5, 5.41) is 2.92. The van der Waals surface area contributed by atoms with Gasteiger partial charge in [-0.3, -0.25) is 9.69 Å². The largest absolute Gasteiger partial charge is 0.455 e. The summed E-state index contributed by atoms with van der Waals surface area (Å²) in [6.45, 7) is 6.98. The van der Waals surface area contributed by atoms with E-state index in [0.29, 0.717) is 11.8 Å². The first-order chi connectivity index (χ1) is 8.22. The van der Waals surface area contributed by atoms with Crippen molar-refractivity contribution < 1.29 is 9.21 Å². The number of carbonyl (C=O) groups is 1. The number of furan rings is 1. The van der Waals surface area contributed by atoms with Gasteiger partial charge >= 0.3 is 0 Å². The minimum absolute atomic E-state index is 0.0849. The van der Waals surface area contributed by atoms with E-state index in [1.165, 1.54) is 0 Å². The average molecular weight is 236 g/mol. The van der Waals surface area contributed by atoms with Crippen LogP contribution in [0.5, 0.6) is 0 Å². The Morgan fingerprint density at radius 2 is 2.12 bits per heavy atom. The highest BCUT2D eigenvalue weighted by atomic mass is 16.4. The zero-order valence-corrected chi connectivity index (χ0v) is 10.5. The zero-order chi connectivity index (χ0) is 12.3. The van der Waals surface area contributed by atoms with Crippen molar-refractivity contribution >= 4 is 5.91 Å². The fourth-order valence-corrected chi connectivity index (χ4v) is 1.74. The monoisotopic (exact) mass is 236 g/mol. The van der Waals surface area contributed by atoms with Crippen LogP contribution in [0.2, 0.25) is 0 Å². The molecule has 94 valence electrons. The first-order valence-electron chi connectivity index (χ1n) is 6.34. The maximum Gasteiger partial charge on any atom is 0.287 e. The summed E-state index contributed by atoms with van der Waals surface area (Å²) in [7, 11) is 0. The average Bonchev–Trinajstić information content (AvgIpc) is 3.02. The normalized spacial score (nSPS) is 15.2. The van der Waals surface area contributed by atoms with Gasteiger partial charge in [0.15, 0.2) is 5.76 Å². The number of hydrogen-bond acceptors (Lipinski definition) is 3. The second-order valence-corrected chi connectivity index (χ2v) is 4.48. The Bertz CT molecular complexity index is 379. The zero-order valence-electron chi connectivity index (χ0n) is 10.5. The molecular weight excluding hydrogens is 216 g/mol. The van der Waals surface area contributed by atoms with Gasteiger partial charge in [-0.05, 0) is 38.1 Å². The lowest BCUT2D eigenvalue weighted by Gasteiger charge is -2.15. The van der Waals surface area contributed by atoms with Gasteiger partial charge in [0.05, 0.1) is 6.54 Å². The summed E-state index contributed by atoms with van der Waals surface area (Å²) in [6, 6.07) is 4.02. The number of hydrogen-bond donors (Lipinski definition) is 1. The summed E-state index contributed by atoms with van der Waals surface area (Å²) in [6.07, 6.45) is 2.19. The second kappa shape index (κ2) is 5.36. The van der Waals surface area contributed by atoms with E-state index in [-0.39, 0.29) is 5.91 Å². The molecule has 1 heterocycles. The van der Waals surface area contributed by atoms with Crippen LogP contribution in [0.25, 0.3) is 0 Å². The van der Waals surface area contributed by atoms with Gasteiger partial charge in [-0.2, -0.15) is 0 Å². The molecule has 1 amide bonds. The fourth-order valence-electron chi connectivity index (χ4n) is 1.74. The molecule has 0 atom stereocenters. The van der Waals surface area contributed by atoms with E-state index in [1.807, 2.05) is 6.07 Å². The maximum atomic E-state index is 11.7. The van der Waals surface area contributed by atoms with E-state index in [9.17, 15) is 4.79 Å². The molecule has 1 aromatic heterocycles. The molecule has 4 nitrogen and oxygen atoms in total. The molecule has 0 aromatic carbocycles. The van der Waals surface area contributed by atoms with Gasteiger partial charge in [0.1, 0.15) is 5.76 Å². The summed E-state index contributed by atoms with van der Waals surface area (Å²) in [5.41, 5.74) is 0. The van der Waals surface area contributed by atoms with Crippen LogP contribution < -0.4 is 5.32 Å². The molecule has 0 aliphatic heterocycles. The van der Waals surface area contributed by atoms with Crippen molar-refractivity contribution in [3.8, 4) is 0 Å². The minimum atomic E-state index is -0.0849. The summed E-state index contributed by atoms with van der Waals surface area (Å²) >= 11 is 0. The van der Waals surface area contributed by atoms with Crippen LogP contribution in [-0.2, 0) is 6.54 Å². The Kier molecular flexibility index (Phi) is 3.84. The van der Waals surface area contributed by atoms with Gasteiger partial charge in [0.2, 0.25) is 0 Å². The molecule has 0 radical (unpaired) electrons. The highest BCUT2D eigenvalue weighted by Crippen LogP contribution is 2.20. The smallest absolute Gasteiger partial charge is 0.287 e. The van der Waals surface area contributed by atoms with Gasteiger partial charge in [0, 0.05) is 6.04 Å². The Balaban J connectivity index is 1.92. The Hall–Kier alpha value is -1.29. The third-order valence-corrected chi connectivity index (χ3v) is 3.07. The van der Waals surface area contributed by atoms with E-state index >= 15 is 0 Å². The number of nitrogens with zero attached hydrogens (tertiary/aromatic N) is 1. The van der Waals surface area contributed by atoms with Crippen molar-refractivity contribution in [3.63, 3.8) is 0 Å². The number of amides is 1. The van der Waals surface area contributed by atoms with Crippen molar-refractivity contribution in [3.05, 3.63) is 23.7 Å². The van der Waals surface area contributed by atoms with Crippen molar-refractivity contribution in [1.82, 2.24) is 10.2 Å². The van der Waals surface area contributed by atoms with Gasteiger partial charge in [-0.15, -0.1) is 0 Å². The van der Waals surface area contributed by atoms with Crippen molar-refractivity contribution in [2.45, 2.75) is 39.3 Å². The van der Waals surface area contributed by atoms with Crippen LogP contribution in [0.15, 0.2) is 16.5 Å². The van der Waals surface area contributed by atoms with E-state index in [1.54, 1.807) is 6.07 Å². The molecule has 1 saturated carbocycles. The molecule has 0 unspecified atom stereocenters. The van der Waals surface area contributed by atoms with E-state index in [2.05, 4.69) is 24.1 Å². The Labute approximate surface area is 102 Å². The fraction of sp³-hybridized carbons (Fsp3) is 0.615. The Morgan fingerprint density at radius 1 is 1.41 bits per heavy atom. The number of carbonyl (C=O) groups excluding carboxylic acids is 1. The molecule has 1 aliphatic rings. The highest BCUT2D eigenvalue weighted by Gasteiger charge is 2.25. The third-order valence-electron chi connectivity index (χ3n) is 3.07. The molecule has 1 aromatic rings. The molecule has 0 bridgehead atoms. The third kappa shape index (κ3) is 3.33. The predicted molar refractivity (Wildman–Crippen MR) is 65.8 cm³/mol. The highest BCUT2D eigenvalue weighted by molar-refractivity contribution is 5.91. The summed E-state index contributed by atoms with van der Waals surface area (Å²) in [5.74, 6) is 1.20. The first kappa shape index (κ1) is 12.2. The van der Waals surface area contributed by atoms with Gasteiger partial charge in [0.25, 0.3) is 5.91 Å². The van der Waals surface area contributed by atoms with Crippen LogP contribution in [0, 0.1) is 0 Å². The van der Waals surface area contributed by atoms with Crippen LogP contribution in [-0.4, -0.2) is 29.9 Å². The van der Waals surface area contributed by atoms with Crippen molar-refractivity contribution in [2.24, 2.45) is 0 Å². The van der Waals surface area contributed by atoms with Crippen molar-refractivity contribution in [1.29, 1.82) is 0 Å². The molecule has 0 saturated heterocycles. The number of nitrogens with one attached hydrogen (secondary N) is 1. The van der Waals surface area contributed by atoms with Crippen LogP contribution in [0.1, 0.15) is 43.0 Å². The quantitative estimate of drug-likeness (QED) is 0.822. The molecule has 17 heavy (non-hydrogen) atoms. The maximum absolute atomic E-state index is 11.7. The van der Waals surface area contributed by atoms with Gasteiger partial charge in [-0.25, -0.2) is 0 Å². The van der Waals surface area contributed by atoms with E-state index in [4.69, 9.17) is 4.42 Å². The van der Waals surface area contributed by atoms with E-state index in [0.717, 1.165) is 38.2 Å². The molecule has 0 spiro atoms. The SMILES string of the molecule is CCN(CC)Cc1ccc(C(=O)NC2CC2)o1. The minimum Gasteiger partial charge on any atom is -0.455 e. The predicted octanol–water partition coefficient (Wildman–Crippen LogP) is 2.01. The lowest BCUT2D eigenvalue weighted by atomic mass is 10.3. The summed E-state index contributed by atoms with van der Waals surface area (Å²) in [4.78, 5) is 14.0. The van der Waals surface area contributed by atoms with Crippen LogP contribution >= 0.6 is 0 Å². The molecular formula is C13H20N2O2.